The molecule has 0 radical (unpaired) electrons. The van der Waals surface area contributed by atoms with Crippen molar-refractivity contribution in [3.8, 4) is 0 Å². The van der Waals surface area contributed by atoms with Gasteiger partial charge in [0.2, 0.25) is 5.91 Å². The van der Waals surface area contributed by atoms with Gasteiger partial charge >= 0.3 is 0 Å². The molecule has 0 fully saturated rings. The second kappa shape index (κ2) is 12.3. The quantitative estimate of drug-likeness (QED) is 0.441. The van der Waals surface area contributed by atoms with Gasteiger partial charge in [-0.1, -0.05) is 91.0 Å². The van der Waals surface area contributed by atoms with Crippen molar-refractivity contribution in [2.24, 2.45) is 11.8 Å². The Morgan fingerprint density at radius 3 is 1.41 bits per heavy atom. The molecule has 0 aromatic heterocycles. The van der Waals surface area contributed by atoms with Crippen LogP contribution in [0.4, 0.5) is 0 Å². The van der Waals surface area contributed by atoms with Gasteiger partial charge < -0.3 is 25.1 Å². The van der Waals surface area contributed by atoms with Crippen LogP contribution in [0.3, 0.4) is 0 Å². The number of amides is 1. The van der Waals surface area contributed by atoms with E-state index in [2.05, 4.69) is 5.32 Å². The van der Waals surface area contributed by atoms with Gasteiger partial charge in [-0.15, -0.1) is 0 Å². The summed E-state index contributed by atoms with van der Waals surface area (Å²) in [5.41, 5.74) is 2.42. The number of hydrogen-bond donors (Lipinski definition) is 1. The standard InChI is InChI=1S/C28H29NO5/c30-26(29-25(28(33)34)18-22-14-8-3-9-15-22)23(16-20-10-4-1-5-11-20)19-24(27(31)32)17-21-12-6-2-7-13-21/h1-15,23-25H,16-19H2,(H,29,30)(H,31,32)(H,33,34)/p-2/t23-,24-,25?/m1/s1. The molecule has 1 unspecified atom stereocenters. The molecule has 6 nitrogen and oxygen atoms in total. The number of nitrogens with one attached hydrogen (secondary N) is 1. The Labute approximate surface area is 199 Å². The van der Waals surface area contributed by atoms with E-state index in [0.717, 1.165) is 16.7 Å². The van der Waals surface area contributed by atoms with E-state index in [-0.39, 0.29) is 25.7 Å². The van der Waals surface area contributed by atoms with Crippen molar-refractivity contribution >= 4 is 17.8 Å². The maximum atomic E-state index is 13.2. The third kappa shape index (κ3) is 7.59. The average Bonchev–Trinajstić information content (AvgIpc) is 2.84. The smallest absolute Gasteiger partial charge is 0.223 e. The van der Waals surface area contributed by atoms with Crippen LogP contribution in [-0.2, 0) is 33.6 Å². The number of hydrogen-bond acceptors (Lipinski definition) is 5. The highest BCUT2D eigenvalue weighted by Crippen LogP contribution is 2.22. The van der Waals surface area contributed by atoms with Gasteiger partial charge in [0.25, 0.3) is 0 Å². The summed E-state index contributed by atoms with van der Waals surface area (Å²) in [6.45, 7) is 0. The van der Waals surface area contributed by atoms with Crippen LogP contribution in [0.15, 0.2) is 91.0 Å². The Bertz CT molecular complexity index is 1070. The molecule has 1 amide bonds. The highest BCUT2D eigenvalue weighted by atomic mass is 16.4. The van der Waals surface area contributed by atoms with E-state index in [9.17, 15) is 24.6 Å². The molecule has 0 aliphatic carbocycles. The van der Waals surface area contributed by atoms with Crippen LogP contribution >= 0.6 is 0 Å². The van der Waals surface area contributed by atoms with Gasteiger partial charge in [-0.2, -0.15) is 0 Å². The van der Waals surface area contributed by atoms with E-state index in [1.807, 2.05) is 66.7 Å². The lowest BCUT2D eigenvalue weighted by atomic mass is 9.85. The van der Waals surface area contributed by atoms with E-state index in [1.54, 1.807) is 24.3 Å². The maximum Gasteiger partial charge on any atom is 0.223 e. The van der Waals surface area contributed by atoms with Gasteiger partial charge in [-0.05, 0) is 42.4 Å². The molecule has 1 N–H and O–H groups in total. The fourth-order valence-corrected chi connectivity index (χ4v) is 4.02. The van der Waals surface area contributed by atoms with Gasteiger partial charge in [0.15, 0.2) is 0 Å². The number of benzene rings is 3. The van der Waals surface area contributed by atoms with Crippen LogP contribution in [-0.4, -0.2) is 23.9 Å². The largest absolute Gasteiger partial charge is 0.550 e. The molecule has 34 heavy (non-hydrogen) atoms. The second-order valence-corrected chi connectivity index (χ2v) is 8.40. The van der Waals surface area contributed by atoms with E-state index in [4.69, 9.17) is 0 Å². The molecule has 0 aliphatic heterocycles. The monoisotopic (exact) mass is 457 g/mol. The zero-order chi connectivity index (χ0) is 24.3. The molecule has 3 aromatic carbocycles. The van der Waals surface area contributed by atoms with Crippen molar-refractivity contribution in [3.63, 3.8) is 0 Å². The molecule has 0 aliphatic rings. The van der Waals surface area contributed by atoms with Gasteiger partial charge in [0.05, 0.1) is 12.0 Å². The molecule has 0 heterocycles. The minimum Gasteiger partial charge on any atom is -0.550 e. The lowest BCUT2D eigenvalue weighted by molar-refractivity contribution is -0.312. The van der Waals surface area contributed by atoms with Crippen molar-refractivity contribution in [3.05, 3.63) is 108 Å². The number of aliphatic carboxylic acids is 2. The topological polar surface area (TPSA) is 109 Å². The zero-order valence-electron chi connectivity index (χ0n) is 18.8. The number of rotatable bonds is 12. The van der Waals surface area contributed by atoms with Crippen molar-refractivity contribution in [2.75, 3.05) is 0 Å². The molecule has 3 atom stereocenters. The Morgan fingerprint density at radius 1 is 0.588 bits per heavy atom. The molecule has 6 heteroatoms. The number of carboxylic acids is 2. The van der Waals surface area contributed by atoms with Crippen molar-refractivity contribution in [2.45, 2.75) is 31.7 Å². The average molecular weight is 458 g/mol. The molecule has 176 valence electrons. The summed E-state index contributed by atoms with van der Waals surface area (Å²) >= 11 is 0. The Morgan fingerprint density at radius 2 is 1.00 bits per heavy atom. The molecule has 3 aromatic rings. The van der Waals surface area contributed by atoms with E-state index < -0.39 is 35.7 Å². The number of carbonyl (C=O) groups is 3. The van der Waals surface area contributed by atoms with Crippen LogP contribution in [0.25, 0.3) is 0 Å². The highest BCUT2D eigenvalue weighted by Gasteiger charge is 2.27. The van der Waals surface area contributed by atoms with E-state index in [1.165, 1.54) is 0 Å². The number of carbonyl (C=O) groups excluding carboxylic acids is 3. The molecule has 0 saturated heterocycles. The fourth-order valence-electron chi connectivity index (χ4n) is 4.02. The zero-order valence-corrected chi connectivity index (χ0v) is 18.8. The van der Waals surface area contributed by atoms with Gasteiger partial charge in [-0.25, -0.2) is 0 Å². The van der Waals surface area contributed by atoms with Crippen LogP contribution in [0.1, 0.15) is 23.1 Å². The molecular formula is C28H27NO5-2. The Balaban J connectivity index is 1.79. The van der Waals surface area contributed by atoms with Crippen LogP contribution in [0, 0.1) is 11.8 Å². The van der Waals surface area contributed by atoms with Crippen molar-refractivity contribution in [1.82, 2.24) is 5.32 Å². The first kappa shape index (κ1) is 24.7. The summed E-state index contributed by atoms with van der Waals surface area (Å²) in [5.74, 6) is -4.82. The van der Waals surface area contributed by atoms with Gasteiger partial charge in [0.1, 0.15) is 0 Å². The third-order valence-corrected chi connectivity index (χ3v) is 5.81. The van der Waals surface area contributed by atoms with E-state index in [0.29, 0.717) is 0 Å². The third-order valence-electron chi connectivity index (χ3n) is 5.81. The van der Waals surface area contributed by atoms with Crippen LogP contribution < -0.4 is 15.5 Å². The van der Waals surface area contributed by atoms with Crippen LogP contribution in [0.5, 0.6) is 0 Å². The highest BCUT2D eigenvalue weighted by molar-refractivity contribution is 5.85. The first-order valence-corrected chi connectivity index (χ1v) is 11.3. The minimum atomic E-state index is -1.39. The van der Waals surface area contributed by atoms with Crippen molar-refractivity contribution < 1.29 is 24.6 Å². The summed E-state index contributed by atoms with van der Waals surface area (Å²) in [6.07, 6.45) is 0.579. The predicted octanol–water partition coefficient (Wildman–Crippen LogP) is 1.32. The first-order chi connectivity index (χ1) is 16.4. The van der Waals surface area contributed by atoms with Gasteiger partial charge in [-0.3, -0.25) is 4.79 Å². The lowest BCUT2D eigenvalue weighted by Gasteiger charge is -2.27. The second-order valence-electron chi connectivity index (χ2n) is 8.40. The molecule has 0 bridgehead atoms. The van der Waals surface area contributed by atoms with Crippen LogP contribution in [0.2, 0.25) is 0 Å². The van der Waals surface area contributed by atoms with Crippen molar-refractivity contribution in [1.29, 1.82) is 0 Å². The lowest BCUT2D eigenvalue weighted by Crippen LogP contribution is -2.51. The summed E-state index contributed by atoms with van der Waals surface area (Å²) in [6, 6.07) is 26.1. The first-order valence-electron chi connectivity index (χ1n) is 11.3. The number of carboxylic acid groups (broad SMARTS) is 2. The minimum absolute atomic E-state index is 0.0169. The SMILES string of the molecule is O=C([O-])C(Cc1ccccc1)NC(=O)[C@H](Cc1ccccc1)C[C@@H](Cc1ccccc1)C(=O)[O-]. The summed E-state index contributed by atoms with van der Waals surface area (Å²) in [5, 5.41) is 26.3. The summed E-state index contributed by atoms with van der Waals surface area (Å²) < 4.78 is 0. The fraction of sp³-hybridized carbons (Fsp3) is 0.250. The summed E-state index contributed by atoms with van der Waals surface area (Å²) in [7, 11) is 0. The molecular weight excluding hydrogens is 430 g/mol. The van der Waals surface area contributed by atoms with E-state index >= 15 is 0 Å². The molecule has 0 spiro atoms. The van der Waals surface area contributed by atoms with Gasteiger partial charge in [0, 0.05) is 17.8 Å². The maximum absolute atomic E-state index is 13.2. The summed E-state index contributed by atoms with van der Waals surface area (Å²) in [4.78, 5) is 36.9. The predicted molar refractivity (Wildman–Crippen MR) is 124 cm³/mol. The Hall–Kier alpha value is -3.93. The molecule has 3 rings (SSSR count). The Kier molecular flexibility index (Phi) is 8.97. The normalized spacial score (nSPS) is 13.4. The molecule has 0 saturated carbocycles.